The van der Waals surface area contributed by atoms with Crippen molar-refractivity contribution in [3.05, 3.63) is 63.7 Å². The number of nitrogens with zero attached hydrogens (tertiary/aromatic N) is 2. The molecule has 2 aromatic rings. The minimum Gasteiger partial charge on any atom is -0.489 e. The zero-order valence-corrected chi connectivity index (χ0v) is 18.2. The molecule has 5 heteroatoms. The fraction of sp³-hybridized carbons (Fsp3) is 0.417. The van der Waals surface area contributed by atoms with Gasteiger partial charge >= 0.3 is 0 Å². The van der Waals surface area contributed by atoms with Crippen LogP contribution in [-0.4, -0.2) is 23.0 Å². The number of aryl methyl sites for hydroxylation is 1. The van der Waals surface area contributed by atoms with Crippen molar-refractivity contribution < 1.29 is 9.53 Å². The molecule has 1 heterocycles. The molecule has 0 saturated heterocycles. The summed E-state index contributed by atoms with van der Waals surface area (Å²) in [5, 5.41) is 9.46. The molecule has 1 saturated carbocycles. The van der Waals surface area contributed by atoms with Crippen molar-refractivity contribution in [2.24, 2.45) is 10.8 Å². The largest absolute Gasteiger partial charge is 0.489 e. The van der Waals surface area contributed by atoms with Crippen LogP contribution in [0.5, 0.6) is 5.75 Å². The van der Waals surface area contributed by atoms with Crippen LogP contribution in [0, 0.1) is 29.1 Å². The number of carbonyl (C=O) groups excluding carboxylic acids is 1. The fourth-order valence-corrected chi connectivity index (χ4v) is 5.87. The Bertz CT molecular complexity index is 1040. The van der Waals surface area contributed by atoms with Crippen LogP contribution >= 0.6 is 11.6 Å². The van der Waals surface area contributed by atoms with Gasteiger partial charge in [0.25, 0.3) is 5.91 Å². The van der Waals surface area contributed by atoms with Crippen molar-refractivity contribution in [1.29, 1.82) is 5.26 Å². The number of carbonyl (C=O) groups is 1. The molecule has 1 fully saturated rings. The summed E-state index contributed by atoms with van der Waals surface area (Å²) in [4.78, 5) is 15.2. The summed E-state index contributed by atoms with van der Waals surface area (Å²) >= 11 is 6.18. The Hall–Kier alpha value is -2.51. The summed E-state index contributed by atoms with van der Waals surface area (Å²) in [6, 6.07) is 13.4. The number of hydrogen-bond donors (Lipinski definition) is 0. The maximum Gasteiger partial charge on any atom is 0.254 e. The van der Waals surface area contributed by atoms with Crippen LogP contribution in [0.25, 0.3) is 0 Å². The van der Waals surface area contributed by atoms with Crippen molar-refractivity contribution in [3.63, 3.8) is 0 Å². The van der Waals surface area contributed by atoms with Gasteiger partial charge < -0.3 is 9.64 Å². The van der Waals surface area contributed by atoms with Crippen LogP contribution in [0.1, 0.15) is 54.7 Å². The molecule has 0 unspecified atom stereocenters. The van der Waals surface area contributed by atoms with Gasteiger partial charge in [-0.25, -0.2) is 0 Å². The molecule has 0 spiro atoms. The highest BCUT2D eigenvalue weighted by Gasteiger charge is 2.66. The lowest BCUT2D eigenvalue weighted by molar-refractivity contribution is -0.199. The molecule has 1 amide bonds. The molecular weight excluding hydrogens is 384 g/mol. The standard InChI is InChI=1S/C24H25ClN2O2/c1-14-6-7-16-13-27(20(28)18(16)10-14)21-23(2,3)22(24(21,4)5)29-17-9-8-15(12-26)19(25)11-17/h6-11,21-22H,13H2,1-5H3. The zero-order chi connectivity index (χ0) is 21.1. The first kappa shape index (κ1) is 19.8. The number of rotatable bonds is 3. The Morgan fingerprint density at radius 2 is 1.83 bits per heavy atom. The molecule has 0 N–H and O–H groups in total. The van der Waals surface area contributed by atoms with Gasteiger partial charge in [-0.1, -0.05) is 57.0 Å². The number of fused-ring (bicyclic) bond motifs is 1. The molecule has 0 atom stereocenters. The molecule has 0 radical (unpaired) electrons. The number of amides is 1. The van der Waals surface area contributed by atoms with E-state index in [1.807, 2.05) is 17.9 Å². The smallest absolute Gasteiger partial charge is 0.254 e. The molecule has 1 aliphatic carbocycles. The molecule has 1 aliphatic heterocycles. The van der Waals surface area contributed by atoms with Gasteiger partial charge in [0.05, 0.1) is 10.6 Å². The number of hydrogen-bond acceptors (Lipinski definition) is 3. The van der Waals surface area contributed by atoms with E-state index in [4.69, 9.17) is 21.6 Å². The quantitative estimate of drug-likeness (QED) is 0.687. The lowest BCUT2D eigenvalue weighted by atomic mass is 9.49. The van der Waals surface area contributed by atoms with Gasteiger partial charge in [-0.05, 0) is 30.7 Å². The predicted molar refractivity (Wildman–Crippen MR) is 113 cm³/mol. The fourth-order valence-electron chi connectivity index (χ4n) is 5.66. The van der Waals surface area contributed by atoms with Gasteiger partial charge in [-0.2, -0.15) is 5.26 Å². The van der Waals surface area contributed by atoms with E-state index in [-0.39, 0.29) is 28.9 Å². The lowest BCUT2D eigenvalue weighted by Gasteiger charge is -2.65. The maximum absolute atomic E-state index is 13.2. The maximum atomic E-state index is 13.2. The van der Waals surface area contributed by atoms with E-state index in [1.54, 1.807) is 18.2 Å². The van der Waals surface area contributed by atoms with Crippen molar-refractivity contribution in [2.45, 2.75) is 53.3 Å². The highest BCUT2D eigenvalue weighted by molar-refractivity contribution is 6.31. The second kappa shape index (κ2) is 6.50. The first-order valence-electron chi connectivity index (χ1n) is 9.84. The monoisotopic (exact) mass is 408 g/mol. The second-order valence-corrected chi connectivity index (χ2v) is 9.80. The summed E-state index contributed by atoms with van der Waals surface area (Å²) in [6.07, 6.45) is -0.0951. The molecule has 4 nitrogen and oxygen atoms in total. The average Bonchev–Trinajstić information content (AvgIpc) is 2.95. The van der Waals surface area contributed by atoms with Crippen LogP contribution < -0.4 is 4.74 Å². The Kier molecular flexibility index (Phi) is 4.44. The van der Waals surface area contributed by atoms with E-state index >= 15 is 0 Å². The highest BCUT2D eigenvalue weighted by Crippen LogP contribution is 2.59. The molecule has 0 bridgehead atoms. The number of benzene rings is 2. The summed E-state index contributed by atoms with van der Waals surface area (Å²) in [5.41, 5.74) is 2.97. The first-order chi connectivity index (χ1) is 13.6. The van der Waals surface area contributed by atoms with Crippen LogP contribution in [0.15, 0.2) is 36.4 Å². The Morgan fingerprint density at radius 3 is 2.45 bits per heavy atom. The van der Waals surface area contributed by atoms with Gasteiger partial charge in [-0.15, -0.1) is 0 Å². The third-order valence-electron chi connectivity index (χ3n) is 6.48. The predicted octanol–water partition coefficient (Wildman–Crippen LogP) is 5.36. The van der Waals surface area contributed by atoms with Gasteiger partial charge in [0.15, 0.2) is 0 Å². The van der Waals surface area contributed by atoms with E-state index < -0.39 is 0 Å². The average molecular weight is 409 g/mol. The van der Waals surface area contributed by atoms with Crippen molar-refractivity contribution >= 4 is 17.5 Å². The van der Waals surface area contributed by atoms with E-state index in [9.17, 15) is 4.79 Å². The van der Waals surface area contributed by atoms with Gasteiger partial charge in [0, 0.05) is 35.0 Å². The molecular formula is C24H25ClN2O2. The van der Waals surface area contributed by atoms with Crippen molar-refractivity contribution in [2.75, 3.05) is 0 Å². The summed E-state index contributed by atoms with van der Waals surface area (Å²) in [5.74, 6) is 0.750. The Balaban J connectivity index is 1.60. The zero-order valence-electron chi connectivity index (χ0n) is 17.4. The normalized spacial score (nSPS) is 23.9. The van der Waals surface area contributed by atoms with Gasteiger partial charge in [0.1, 0.15) is 17.9 Å². The molecule has 0 aromatic heterocycles. The molecule has 2 aromatic carbocycles. The second-order valence-electron chi connectivity index (χ2n) is 9.39. The summed E-state index contributed by atoms with van der Waals surface area (Å²) < 4.78 is 6.35. The first-order valence-corrected chi connectivity index (χ1v) is 10.2. The number of ether oxygens (including phenoxy) is 1. The summed E-state index contributed by atoms with van der Waals surface area (Å²) in [7, 11) is 0. The van der Waals surface area contributed by atoms with Crippen LogP contribution in [0.2, 0.25) is 5.02 Å². The minimum atomic E-state index is -0.239. The molecule has 150 valence electrons. The SMILES string of the molecule is Cc1ccc2c(c1)C(=O)N(C1C(C)(C)C(Oc3ccc(C#N)c(Cl)c3)C1(C)C)C2. The molecule has 4 rings (SSSR count). The van der Waals surface area contributed by atoms with Crippen molar-refractivity contribution in [3.8, 4) is 11.8 Å². The Labute approximate surface area is 177 Å². The van der Waals surface area contributed by atoms with E-state index in [0.29, 0.717) is 22.9 Å². The third-order valence-corrected chi connectivity index (χ3v) is 6.80. The summed E-state index contributed by atoms with van der Waals surface area (Å²) in [6.45, 7) is 11.3. The highest BCUT2D eigenvalue weighted by atomic mass is 35.5. The van der Waals surface area contributed by atoms with Gasteiger partial charge in [0.2, 0.25) is 0 Å². The van der Waals surface area contributed by atoms with Crippen LogP contribution in [-0.2, 0) is 6.54 Å². The van der Waals surface area contributed by atoms with Crippen molar-refractivity contribution in [1.82, 2.24) is 4.90 Å². The lowest BCUT2D eigenvalue weighted by Crippen LogP contribution is -2.74. The Morgan fingerprint density at radius 1 is 1.14 bits per heavy atom. The molecule has 2 aliphatic rings. The van der Waals surface area contributed by atoms with E-state index in [1.165, 1.54) is 0 Å². The number of halogens is 1. The van der Waals surface area contributed by atoms with Crippen LogP contribution in [0.3, 0.4) is 0 Å². The minimum absolute atomic E-state index is 0.0501. The van der Waals surface area contributed by atoms with Crippen LogP contribution in [0.4, 0.5) is 0 Å². The molecule has 29 heavy (non-hydrogen) atoms. The van der Waals surface area contributed by atoms with Gasteiger partial charge in [-0.3, -0.25) is 4.79 Å². The van der Waals surface area contributed by atoms with E-state index in [2.05, 4.69) is 45.9 Å². The third kappa shape index (κ3) is 2.91. The number of nitriles is 1. The van der Waals surface area contributed by atoms with E-state index in [0.717, 1.165) is 16.7 Å². The topological polar surface area (TPSA) is 53.3 Å².